The van der Waals surface area contributed by atoms with Crippen molar-refractivity contribution in [2.24, 2.45) is 14.1 Å². The number of hydrogen-bond acceptors (Lipinski definition) is 7. The monoisotopic (exact) mass is 370 g/mol. The second-order valence-corrected chi connectivity index (χ2v) is 8.12. The van der Waals surface area contributed by atoms with Gasteiger partial charge in [0, 0.05) is 19.0 Å². The highest BCUT2D eigenvalue weighted by Crippen LogP contribution is 2.36. The van der Waals surface area contributed by atoms with Gasteiger partial charge < -0.3 is 0 Å². The third-order valence-electron chi connectivity index (χ3n) is 4.59. The first-order valence-corrected chi connectivity index (χ1v) is 9.58. The Bertz CT molecular complexity index is 1200. The van der Waals surface area contributed by atoms with Gasteiger partial charge in [-0.1, -0.05) is 0 Å². The summed E-state index contributed by atoms with van der Waals surface area (Å²) in [5.74, 6) is 0. The van der Waals surface area contributed by atoms with E-state index < -0.39 is 0 Å². The highest BCUT2D eigenvalue weighted by molar-refractivity contribution is 7.99. The van der Waals surface area contributed by atoms with E-state index in [2.05, 4.69) is 15.1 Å². The van der Waals surface area contributed by atoms with Crippen molar-refractivity contribution >= 4 is 44.3 Å². The fourth-order valence-electron chi connectivity index (χ4n) is 3.31. The quantitative estimate of drug-likeness (QED) is 0.398. The van der Waals surface area contributed by atoms with E-state index in [4.69, 9.17) is 4.98 Å². The molecule has 4 aromatic rings. The molecule has 0 fully saturated rings. The van der Waals surface area contributed by atoms with Crippen LogP contribution in [-0.2, 0) is 26.9 Å². The van der Waals surface area contributed by atoms with Gasteiger partial charge in [-0.3, -0.25) is 14.0 Å². The van der Waals surface area contributed by atoms with E-state index in [0.29, 0.717) is 5.16 Å². The largest absolute Gasteiger partial charge is 0.290 e. The lowest BCUT2D eigenvalue weighted by Gasteiger charge is -2.07. The minimum Gasteiger partial charge on any atom is -0.290 e. The molecule has 4 aromatic heterocycles. The molecule has 126 valence electrons. The Morgan fingerprint density at radius 2 is 2.12 bits per heavy atom. The van der Waals surface area contributed by atoms with Crippen molar-refractivity contribution in [2.75, 3.05) is 0 Å². The van der Waals surface area contributed by atoms with Gasteiger partial charge in [-0.15, -0.1) is 11.3 Å². The molecular weight excluding hydrogens is 356 g/mol. The van der Waals surface area contributed by atoms with E-state index in [1.807, 2.05) is 7.05 Å². The van der Waals surface area contributed by atoms with Crippen LogP contribution in [0.15, 0.2) is 27.5 Å². The van der Waals surface area contributed by atoms with E-state index in [1.165, 1.54) is 28.5 Å². The van der Waals surface area contributed by atoms with Crippen LogP contribution in [-0.4, -0.2) is 29.3 Å². The molecule has 1 aliphatic rings. The van der Waals surface area contributed by atoms with Crippen molar-refractivity contribution in [1.82, 2.24) is 29.3 Å². The summed E-state index contributed by atoms with van der Waals surface area (Å²) in [4.78, 5) is 28.4. The van der Waals surface area contributed by atoms with Crippen molar-refractivity contribution in [3.05, 3.63) is 33.3 Å². The van der Waals surface area contributed by atoms with Crippen molar-refractivity contribution in [2.45, 2.75) is 29.4 Å². The lowest BCUT2D eigenvalue weighted by atomic mass is 10.2. The van der Waals surface area contributed by atoms with Crippen LogP contribution in [0.4, 0.5) is 0 Å². The number of nitrogens with zero attached hydrogens (tertiary/aromatic N) is 6. The number of fused-ring (bicyclic) bond motifs is 4. The average Bonchev–Trinajstić information content (AvgIpc) is 3.28. The molecular formula is C16H14N6OS2. The number of aromatic nitrogens is 6. The summed E-state index contributed by atoms with van der Waals surface area (Å²) in [6.07, 6.45) is 6.44. The first-order valence-electron chi connectivity index (χ1n) is 7.95. The highest BCUT2D eigenvalue weighted by atomic mass is 32.2. The molecule has 0 atom stereocenters. The Kier molecular flexibility index (Phi) is 3.23. The van der Waals surface area contributed by atoms with Crippen molar-refractivity contribution < 1.29 is 0 Å². The fourth-order valence-corrected chi connectivity index (χ4v) is 5.50. The lowest BCUT2D eigenvalue weighted by Crippen LogP contribution is -2.20. The van der Waals surface area contributed by atoms with Crippen molar-refractivity contribution in [3.63, 3.8) is 0 Å². The van der Waals surface area contributed by atoms with Crippen LogP contribution < -0.4 is 5.56 Å². The molecule has 0 bridgehead atoms. The van der Waals surface area contributed by atoms with Gasteiger partial charge in [0.2, 0.25) is 0 Å². The zero-order chi connectivity index (χ0) is 17.1. The Labute approximate surface area is 150 Å². The highest BCUT2D eigenvalue weighted by Gasteiger charge is 2.23. The second-order valence-electron chi connectivity index (χ2n) is 6.08. The Morgan fingerprint density at radius 3 is 3.00 bits per heavy atom. The molecule has 0 aromatic carbocycles. The molecule has 0 N–H and O–H groups in total. The van der Waals surface area contributed by atoms with Crippen molar-refractivity contribution in [1.29, 1.82) is 0 Å². The van der Waals surface area contributed by atoms with Crippen LogP contribution in [0.1, 0.15) is 16.9 Å². The summed E-state index contributed by atoms with van der Waals surface area (Å²) in [7, 11) is 3.62. The number of rotatable bonds is 2. The van der Waals surface area contributed by atoms with Gasteiger partial charge in [0.1, 0.15) is 16.2 Å². The predicted molar refractivity (Wildman–Crippen MR) is 97.3 cm³/mol. The molecule has 0 radical (unpaired) electrons. The summed E-state index contributed by atoms with van der Waals surface area (Å²) in [6.45, 7) is 0. The predicted octanol–water partition coefficient (Wildman–Crippen LogP) is 2.31. The smallest absolute Gasteiger partial charge is 0.262 e. The Hall–Kier alpha value is -2.26. The zero-order valence-electron chi connectivity index (χ0n) is 13.7. The number of thiophene rings is 1. The summed E-state index contributed by atoms with van der Waals surface area (Å²) in [6, 6.07) is 0. The Morgan fingerprint density at radius 1 is 1.24 bits per heavy atom. The standard InChI is InChI=1S/C16H14N6OS2/c1-21-15(23)11-8-4-3-5-10(8)24-14(11)20-16(21)25-13-9-6-19-22(2)12(9)17-7-18-13/h6-7H,3-5H2,1-2H3. The van der Waals surface area contributed by atoms with Crippen molar-refractivity contribution in [3.8, 4) is 0 Å². The van der Waals surface area contributed by atoms with Gasteiger partial charge in [0.05, 0.1) is 17.0 Å². The van der Waals surface area contributed by atoms with E-state index in [9.17, 15) is 4.79 Å². The third kappa shape index (κ3) is 2.15. The molecule has 0 saturated carbocycles. The molecule has 9 heteroatoms. The van der Waals surface area contributed by atoms with E-state index >= 15 is 0 Å². The molecule has 4 heterocycles. The van der Waals surface area contributed by atoms with E-state index in [1.54, 1.807) is 33.8 Å². The Balaban J connectivity index is 1.68. The maximum absolute atomic E-state index is 12.9. The minimum absolute atomic E-state index is 0.0309. The SMILES string of the molecule is Cn1c(Sc2ncnc3c2cnn3C)nc2sc3c(c2c1=O)CCC3. The zero-order valence-corrected chi connectivity index (χ0v) is 15.3. The summed E-state index contributed by atoms with van der Waals surface area (Å²) in [5.41, 5.74) is 2.00. The molecule has 7 nitrogen and oxygen atoms in total. The van der Waals surface area contributed by atoms with Gasteiger partial charge in [0.25, 0.3) is 5.56 Å². The van der Waals surface area contributed by atoms with Crippen LogP contribution >= 0.6 is 23.1 Å². The molecule has 25 heavy (non-hydrogen) atoms. The molecule has 0 unspecified atom stereocenters. The summed E-state index contributed by atoms with van der Waals surface area (Å²) >= 11 is 3.04. The molecule has 0 aliphatic heterocycles. The number of aryl methyl sites for hydroxylation is 3. The maximum atomic E-state index is 12.9. The lowest BCUT2D eigenvalue weighted by molar-refractivity contribution is 0.726. The topological polar surface area (TPSA) is 78.5 Å². The van der Waals surface area contributed by atoms with Crippen LogP contribution in [0, 0.1) is 0 Å². The maximum Gasteiger partial charge on any atom is 0.262 e. The third-order valence-corrected chi connectivity index (χ3v) is 6.84. The van der Waals surface area contributed by atoms with Crippen LogP contribution in [0.25, 0.3) is 21.3 Å². The summed E-state index contributed by atoms with van der Waals surface area (Å²) in [5, 5.41) is 7.29. The van der Waals surface area contributed by atoms with Gasteiger partial charge in [0.15, 0.2) is 10.8 Å². The summed E-state index contributed by atoms with van der Waals surface area (Å²) < 4.78 is 3.34. The molecule has 0 saturated heterocycles. The molecule has 0 amide bonds. The first-order chi connectivity index (χ1) is 12.1. The number of hydrogen-bond donors (Lipinski definition) is 0. The normalized spacial score (nSPS) is 13.8. The van der Waals surface area contributed by atoms with Crippen LogP contribution in [0.5, 0.6) is 0 Å². The van der Waals surface area contributed by atoms with Gasteiger partial charge in [-0.2, -0.15) is 5.10 Å². The minimum atomic E-state index is 0.0309. The van der Waals surface area contributed by atoms with E-state index in [0.717, 1.165) is 45.5 Å². The average molecular weight is 370 g/mol. The van der Waals surface area contributed by atoms with Gasteiger partial charge in [-0.05, 0) is 36.6 Å². The fraction of sp³-hybridized carbons (Fsp3) is 0.312. The van der Waals surface area contributed by atoms with Crippen LogP contribution in [0.2, 0.25) is 0 Å². The molecule has 1 aliphatic carbocycles. The second kappa shape index (κ2) is 5.37. The molecule has 5 rings (SSSR count). The first kappa shape index (κ1) is 15.0. The van der Waals surface area contributed by atoms with E-state index in [-0.39, 0.29) is 5.56 Å². The van der Waals surface area contributed by atoms with Gasteiger partial charge in [-0.25, -0.2) is 15.0 Å². The van der Waals surface area contributed by atoms with Crippen LogP contribution in [0.3, 0.4) is 0 Å². The van der Waals surface area contributed by atoms with Gasteiger partial charge >= 0.3 is 0 Å². The molecule has 0 spiro atoms.